The highest BCUT2D eigenvalue weighted by Crippen LogP contribution is 2.16. The molecule has 0 amide bonds. The van der Waals surface area contributed by atoms with E-state index in [0.717, 1.165) is 17.4 Å². The molecule has 1 rings (SSSR count). The van der Waals surface area contributed by atoms with Crippen molar-refractivity contribution in [2.24, 2.45) is 0 Å². The Bertz CT molecular complexity index is 365. The molecule has 1 aromatic carbocycles. The molecule has 0 bridgehead atoms. The fourth-order valence-electron chi connectivity index (χ4n) is 1.30. The van der Waals surface area contributed by atoms with Gasteiger partial charge in [-0.25, -0.2) is 0 Å². The number of rotatable bonds is 2. The lowest BCUT2D eigenvalue weighted by Crippen LogP contribution is -2.02. The number of Topliss-reactive ketones (excluding diaryl/α,β-unsaturated/α-hetero) is 1. The molecule has 0 aliphatic rings. The van der Waals surface area contributed by atoms with Crippen LogP contribution in [0.3, 0.4) is 0 Å². The van der Waals surface area contributed by atoms with Crippen LogP contribution in [0.4, 0.5) is 0 Å². The number of carbonyl (C=O) groups is 2. The van der Waals surface area contributed by atoms with E-state index >= 15 is 0 Å². The summed E-state index contributed by atoms with van der Waals surface area (Å²) in [6.07, 6.45) is 0.749. The number of aldehydes is 1. The van der Waals surface area contributed by atoms with Crippen molar-refractivity contribution in [3.8, 4) is 0 Å². The van der Waals surface area contributed by atoms with Crippen LogP contribution in [0.1, 0.15) is 38.8 Å². The van der Waals surface area contributed by atoms with Gasteiger partial charge in [-0.1, -0.05) is 12.1 Å². The summed E-state index contributed by atoms with van der Waals surface area (Å²) < 4.78 is 0. The van der Waals surface area contributed by atoms with Gasteiger partial charge in [0.25, 0.3) is 0 Å². The van der Waals surface area contributed by atoms with Gasteiger partial charge < -0.3 is 0 Å². The zero-order chi connectivity index (χ0) is 10.0. The molecular formula is C11H12O2. The van der Waals surface area contributed by atoms with Crippen LogP contribution in [0.15, 0.2) is 12.1 Å². The summed E-state index contributed by atoms with van der Waals surface area (Å²) in [5, 5.41) is 0. The van der Waals surface area contributed by atoms with Crippen molar-refractivity contribution in [1.29, 1.82) is 0 Å². The summed E-state index contributed by atoms with van der Waals surface area (Å²) in [6, 6.07) is 3.56. The summed E-state index contributed by atoms with van der Waals surface area (Å²) in [5.41, 5.74) is 2.96. The molecule has 0 aliphatic heterocycles. The van der Waals surface area contributed by atoms with Crippen LogP contribution in [0.25, 0.3) is 0 Å². The summed E-state index contributed by atoms with van der Waals surface area (Å²) in [7, 11) is 0. The second-order valence-corrected chi connectivity index (χ2v) is 3.14. The molecule has 0 saturated heterocycles. The largest absolute Gasteiger partial charge is 0.298 e. The average molecular weight is 176 g/mol. The Labute approximate surface area is 77.6 Å². The van der Waals surface area contributed by atoms with Crippen molar-refractivity contribution >= 4 is 12.1 Å². The van der Waals surface area contributed by atoms with E-state index in [2.05, 4.69) is 0 Å². The maximum atomic E-state index is 11.1. The molecule has 13 heavy (non-hydrogen) atoms. The van der Waals surface area contributed by atoms with E-state index in [1.165, 1.54) is 6.92 Å². The van der Waals surface area contributed by atoms with Crippen LogP contribution in [0.2, 0.25) is 0 Å². The fraction of sp³-hybridized carbons (Fsp3) is 0.273. The van der Waals surface area contributed by atoms with Gasteiger partial charge in [-0.3, -0.25) is 9.59 Å². The third-order valence-corrected chi connectivity index (χ3v) is 2.28. The molecule has 0 aromatic heterocycles. The highest BCUT2D eigenvalue weighted by atomic mass is 16.1. The zero-order valence-electron chi connectivity index (χ0n) is 8.05. The molecular weight excluding hydrogens is 164 g/mol. The first-order valence-electron chi connectivity index (χ1n) is 4.14. The van der Waals surface area contributed by atoms with Gasteiger partial charge in [0.2, 0.25) is 0 Å². The molecule has 68 valence electrons. The average Bonchev–Trinajstić information content (AvgIpc) is 2.09. The minimum atomic E-state index is -0.0646. The fourth-order valence-corrected chi connectivity index (χ4v) is 1.30. The van der Waals surface area contributed by atoms with Crippen LogP contribution >= 0.6 is 0 Å². The molecule has 0 heterocycles. The Balaban J connectivity index is 3.47. The normalized spacial score (nSPS) is 9.77. The highest BCUT2D eigenvalue weighted by molar-refractivity contribution is 6.02. The van der Waals surface area contributed by atoms with Crippen LogP contribution < -0.4 is 0 Å². The molecule has 0 unspecified atom stereocenters. The lowest BCUT2D eigenvalue weighted by atomic mass is 9.97. The number of carbonyl (C=O) groups excluding carboxylic acids is 2. The maximum Gasteiger partial charge on any atom is 0.160 e. The topological polar surface area (TPSA) is 34.1 Å². The van der Waals surface area contributed by atoms with Gasteiger partial charge in [-0.15, -0.1) is 0 Å². The van der Waals surface area contributed by atoms with Gasteiger partial charge >= 0.3 is 0 Å². The molecule has 2 heteroatoms. The molecule has 0 aliphatic carbocycles. The third kappa shape index (κ3) is 1.66. The predicted octanol–water partition coefficient (Wildman–Crippen LogP) is 2.32. The molecule has 0 N–H and O–H groups in total. The number of ketones is 1. The first kappa shape index (κ1) is 9.65. The van der Waals surface area contributed by atoms with Gasteiger partial charge in [-0.05, 0) is 31.9 Å². The Kier molecular flexibility index (Phi) is 2.61. The van der Waals surface area contributed by atoms with Crippen molar-refractivity contribution in [2.75, 3.05) is 0 Å². The molecule has 2 nitrogen and oxygen atoms in total. The second-order valence-electron chi connectivity index (χ2n) is 3.14. The van der Waals surface area contributed by atoms with Crippen LogP contribution in [-0.2, 0) is 0 Å². The number of aryl methyl sites for hydroxylation is 1. The minimum absolute atomic E-state index is 0.0646. The van der Waals surface area contributed by atoms with Gasteiger partial charge in [0.05, 0.1) is 0 Å². The Morgan fingerprint density at radius 3 is 2.38 bits per heavy atom. The highest BCUT2D eigenvalue weighted by Gasteiger charge is 2.09. The van der Waals surface area contributed by atoms with Crippen LogP contribution in [-0.4, -0.2) is 12.1 Å². The summed E-state index contributed by atoms with van der Waals surface area (Å²) in [5.74, 6) is -0.0646. The Morgan fingerprint density at radius 1 is 1.31 bits per heavy atom. The molecule has 0 radical (unpaired) electrons. The minimum Gasteiger partial charge on any atom is -0.298 e. The maximum absolute atomic E-state index is 11.1. The monoisotopic (exact) mass is 176 g/mol. The zero-order valence-corrected chi connectivity index (χ0v) is 8.05. The van der Waals surface area contributed by atoms with E-state index < -0.39 is 0 Å². The van der Waals surface area contributed by atoms with Gasteiger partial charge in [-0.2, -0.15) is 0 Å². The standard InChI is InChI=1S/C11H12O2/c1-7-4-5-10(9(3)13)11(6-12)8(7)2/h4-6H,1-3H3. The third-order valence-electron chi connectivity index (χ3n) is 2.28. The summed E-state index contributed by atoms with van der Waals surface area (Å²) in [6.45, 7) is 5.24. The first-order chi connectivity index (χ1) is 6.07. The quantitative estimate of drug-likeness (QED) is 0.512. The lowest BCUT2D eigenvalue weighted by Gasteiger charge is -2.06. The molecule has 0 saturated carbocycles. The van der Waals surface area contributed by atoms with E-state index in [4.69, 9.17) is 0 Å². The van der Waals surface area contributed by atoms with Gasteiger partial charge in [0.1, 0.15) is 0 Å². The Morgan fingerprint density at radius 2 is 1.92 bits per heavy atom. The Hall–Kier alpha value is -1.44. The smallest absolute Gasteiger partial charge is 0.160 e. The van der Waals surface area contributed by atoms with E-state index in [0.29, 0.717) is 11.1 Å². The first-order valence-corrected chi connectivity index (χ1v) is 4.14. The van der Waals surface area contributed by atoms with Crippen molar-refractivity contribution in [3.05, 3.63) is 34.4 Å². The predicted molar refractivity (Wildman–Crippen MR) is 51.3 cm³/mol. The van der Waals surface area contributed by atoms with Crippen molar-refractivity contribution < 1.29 is 9.59 Å². The lowest BCUT2D eigenvalue weighted by molar-refractivity contribution is 0.100. The van der Waals surface area contributed by atoms with E-state index in [1.807, 2.05) is 19.9 Å². The van der Waals surface area contributed by atoms with Gasteiger partial charge in [0.15, 0.2) is 12.1 Å². The van der Waals surface area contributed by atoms with Crippen LogP contribution in [0.5, 0.6) is 0 Å². The number of hydrogen-bond donors (Lipinski definition) is 0. The summed E-state index contributed by atoms with van der Waals surface area (Å²) >= 11 is 0. The van der Waals surface area contributed by atoms with Crippen molar-refractivity contribution in [2.45, 2.75) is 20.8 Å². The molecule has 0 spiro atoms. The van der Waals surface area contributed by atoms with E-state index in [9.17, 15) is 9.59 Å². The van der Waals surface area contributed by atoms with Crippen molar-refractivity contribution in [3.63, 3.8) is 0 Å². The molecule has 0 fully saturated rings. The van der Waals surface area contributed by atoms with Crippen LogP contribution in [0, 0.1) is 13.8 Å². The number of hydrogen-bond acceptors (Lipinski definition) is 2. The van der Waals surface area contributed by atoms with E-state index in [-0.39, 0.29) is 5.78 Å². The van der Waals surface area contributed by atoms with Crippen molar-refractivity contribution in [1.82, 2.24) is 0 Å². The van der Waals surface area contributed by atoms with Gasteiger partial charge in [0, 0.05) is 11.1 Å². The van der Waals surface area contributed by atoms with E-state index in [1.54, 1.807) is 6.07 Å². The summed E-state index contributed by atoms with van der Waals surface area (Å²) in [4.78, 5) is 21.9. The second kappa shape index (κ2) is 3.52. The SMILES string of the molecule is CC(=O)c1ccc(C)c(C)c1C=O. The molecule has 1 aromatic rings. The molecule has 0 atom stereocenters. The number of benzene rings is 1.